The lowest BCUT2D eigenvalue weighted by Gasteiger charge is -2.20. The Labute approximate surface area is 124 Å². The number of rotatable bonds is 4. The number of hydrogen-bond acceptors (Lipinski definition) is 4. The Morgan fingerprint density at radius 3 is 2.35 bits per heavy atom. The quantitative estimate of drug-likeness (QED) is 0.879. The predicted octanol–water partition coefficient (Wildman–Crippen LogP) is 3.22. The Kier molecular flexibility index (Phi) is 4.45. The van der Waals surface area contributed by atoms with Gasteiger partial charge in [0.25, 0.3) is 0 Å². The van der Waals surface area contributed by atoms with Crippen molar-refractivity contribution >= 4 is 23.1 Å². The first-order valence-electron chi connectivity index (χ1n) is 6.59. The molecule has 2 N–H and O–H groups in total. The molecule has 2 rings (SSSR count). The fourth-order valence-electron chi connectivity index (χ4n) is 2.05. The van der Waals surface area contributed by atoms with Crippen LogP contribution in [0.5, 0.6) is 0 Å². The summed E-state index contributed by atoms with van der Waals surface area (Å²) in [6.07, 6.45) is 1.05. The molecule has 0 unspecified atom stereocenters. The molecule has 5 heteroatoms. The van der Waals surface area contributed by atoms with E-state index < -0.39 is 0 Å². The van der Waals surface area contributed by atoms with Gasteiger partial charge in [0, 0.05) is 13.6 Å². The largest absolute Gasteiger partial charge is 0.394 e. The first-order valence-corrected chi connectivity index (χ1v) is 6.97. The third-order valence-electron chi connectivity index (χ3n) is 3.30. The van der Waals surface area contributed by atoms with Crippen molar-refractivity contribution in [2.75, 3.05) is 17.7 Å². The van der Waals surface area contributed by atoms with Crippen LogP contribution < -0.4 is 10.6 Å². The van der Waals surface area contributed by atoms with E-state index in [1.807, 2.05) is 18.9 Å². The van der Waals surface area contributed by atoms with Gasteiger partial charge in [-0.3, -0.25) is 0 Å². The maximum absolute atomic E-state index is 6.03. The van der Waals surface area contributed by atoms with Gasteiger partial charge in [-0.15, -0.1) is 0 Å². The Morgan fingerprint density at radius 1 is 1.15 bits per heavy atom. The van der Waals surface area contributed by atoms with Gasteiger partial charge in [0.05, 0.1) is 11.4 Å². The monoisotopic (exact) mass is 290 g/mol. The molecular weight excluding hydrogens is 272 g/mol. The molecule has 0 atom stereocenters. The van der Waals surface area contributed by atoms with Crippen molar-refractivity contribution in [3.8, 4) is 0 Å². The molecule has 0 aliphatic heterocycles. The van der Waals surface area contributed by atoms with E-state index in [-0.39, 0.29) is 5.28 Å². The highest BCUT2D eigenvalue weighted by atomic mass is 35.5. The normalized spacial score (nSPS) is 10.6. The van der Waals surface area contributed by atoms with Gasteiger partial charge in [-0.1, -0.05) is 31.2 Å². The molecule has 0 aliphatic carbocycles. The first-order chi connectivity index (χ1) is 9.51. The van der Waals surface area contributed by atoms with Crippen LogP contribution in [-0.2, 0) is 13.0 Å². The second-order valence-corrected chi connectivity index (χ2v) is 5.18. The zero-order chi connectivity index (χ0) is 14.7. The second kappa shape index (κ2) is 6.09. The van der Waals surface area contributed by atoms with Crippen molar-refractivity contribution in [2.45, 2.75) is 26.8 Å². The molecule has 0 aliphatic rings. The van der Waals surface area contributed by atoms with Gasteiger partial charge >= 0.3 is 0 Å². The maximum atomic E-state index is 6.03. The number of nitrogens with two attached hydrogens (primary N) is 1. The summed E-state index contributed by atoms with van der Waals surface area (Å²) in [5.41, 5.74) is 9.84. The van der Waals surface area contributed by atoms with Gasteiger partial charge < -0.3 is 10.6 Å². The number of hydrogen-bond donors (Lipinski definition) is 1. The van der Waals surface area contributed by atoms with Gasteiger partial charge in [0.2, 0.25) is 5.28 Å². The summed E-state index contributed by atoms with van der Waals surface area (Å²) >= 11 is 5.90. The van der Waals surface area contributed by atoms with E-state index in [9.17, 15) is 0 Å². The third kappa shape index (κ3) is 3.20. The van der Waals surface area contributed by atoms with Crippen LogP contribution in [0.2, 0.25) is 5.28 Å². The van der Waals surface area contributed by atoms with E-state index >= 15 is 0 Å². The minimum Gasteiger partial charge on any atom is -0.394 e. The van der Waals surface area contributed by atoms with Crippen LogP contribution in [0.3, 0.4) is 0 Å². The predicted molar refractivity (Wildman–Crippen MR) is 84.1 cm³/mol. The van der Waals surface area contributed by atoms with Gasteiger partial charge in [-0.2, -0.15) is 4.98 Å². The molecule has 1 heterocycles. The Bertz CT molecular complexity index is 596. The van der Waals surface area contributed by atoms with Gasteiger partial charge in [-0.25, -0.2) is 4.98 Å². The van der Waals surface area contributed by atoms with E-state index in [2.05, 4.69) is 41.2 Å². The smallest absolute Gasteiger partial charge is 0.224 e. The standard InChI is InChI=1S/C15H19ClN4/c1-4-11-5-7-12(8-6-11)9-20(3)14-13(17)10(2)18-15(16)19-14/h5-8H,4,9,17H2,1-3H3. The lowest BCUT2D eigenvalue weighted by atomic mass is 10.1. The molecular formula is C15H19ClN4. The van der Waals surface area contributed by atoms with Crippen LogP contribution in [0.1, 0.15) is 23.7 Å². The molecule has 0 bridgehead atoms. The van der Waals surface area contributed by atoms with Gasteiger partial charge in [-0.05, 0) is 36.1 Å². The molecule has 4 nitrogen and oxygen atoms in total. The summed E-state index contributed by atoms with van der Waals surface area (Å²) in [5.74, 6) is 0.669. The number of nitrogens with zero attached hydrogens (tertiary/aromatic N) is 3. The molecule has 0 amide bonds. The van der Waals surface area contributed by atoms with Crippen LogP contribution in [-0.4, -0.2) is 17.0 Å². The fourth-order valence-corrected chi connectivity index (χ4v) is 2.26. The molecule has 2 aromatic rings. The molecule has 0 saturated carbocycles. The minimum absolute atomic E-state index is 0.222. The molecule has 0 spiro atoms. The van der Waals surface area contributed by atoms with Crippen molar-refractivity contribution in [3.63, 3.8) is 0 Å². The van der Waals surface area contributed by atoms with E-state index in [1.165, 1.54) is 11.1 Å². The number of aromatic nitrogens is 2. The summed E-state index contributed by atoms with van der Waals surface area (Å²) in [6, 6.07) is 8.54. The third-order valence-corrected chi connectivity index (χ3v) is 3.47. The first kappa shape index (κ1) is 14.6. The molecule has 106 valence electrons. The van der Waals surface area contributed by atoms with Crippen molar-refractivity contribution < 1.29 is 0 Å². The molecule has 0 radical (unpaired) electrons. The summed E-state index contributed by atoms with van der Waals surface area (Å²) in [5, 5.41) is 0.222. The fraction of sp³-hybridized carbons (Fsp3) is 0.333. The van der Waals surface area contributed by atoms with Gasteiger partial charge in [0.15, 0.2) is 5.82 Å². The lowest BCUT2D eigenvalue weighted by Crippen LogP contribution is -2.20. The number of nitrogen functional groups attached to an aromatic ring is 1. The average molecular weight is 291 g/mol. The number of benzene rings is 1. The highest BCUT2D eigenvalue weighted by Crippen LogP contribution is 2.24. The molecule has 1 aromatic heterocycles. The molecule has 1 aromatic carbocycles. The van der Waals surface area contributed by atoms with Crippen LogP contribution in [0.25, 0.3) is 0 Å². The Balaban J connectivity index is 2.21. The molecule has 0 saturated heterocycles. The molecule has 20 heavy (non-hydrogen) atoms. The number of aryl methyl sites for hydroxylation is 2. The Hall–Kier alpha value is -1.81. The maximum Gasteiger partial charge on any atom is 0.224 e. The van der Waals surface area contributed by atoms with Crippen molar-refractivity contribution in [1.82, 2.24) is 9.97 Å². The van der Waals surface area contributed by atoms with E-state index in [0.29, 0.717) is 17.2 Å². The SMILES string of the molecule is CCc1ccc(CN(C)c2nc(Cl)nc(C)c2N)cc1. The summed E-state index contributed by atoms with van der Waals surface area (Å²) in [4.78, 5) is 10.3. The van der Waals surface area contributed by atoms with Crippen molar-refractivity contribution in [1.29, 1.82) is 0 Å². The van der Waals surface area contributed by atoms with Crippen LogP contribution in [0.4, 0.5) is 11.5 Å². The average Bonchev–Trinajstić information content (AvgIpc) is 2.43. The highest BCUT2D eigenvalue weighted by Gasteiger charge is 2.12. The van der Waals surface area contributed by atoms with Crippen molar-refractivity contribution in [2.24, 2.45) is 0 Å². The lowest BCUT2D eigenvalue weighted by molar-refractivity contribution is 0.888. The van der Waals surface area contributed by atoms with Crippen LogP contribution in [0.15, 0.2) is 24.3 Å². The van der Waals surface area contributed by atoms with Crippen LogP contribution >= 0.6 is 11.6 Å². The summed E-state index contributed by atoms with van der Waals surface area (Å²) in [7, 11) is 1.95. The number of anilines is 2. The topological polar surface area (TPSA) is 55.0 Å². The highest BCUT2D eigenvalue weighted by molar-refractivity contribution is 6.28. The summed E-state index contributed by atoms with van der Waals surface area (Å²) in [6.45, 7) is 4.70. The van der Waals surface area contributed by atoms with E-state index in [1.54, 1.807) is 0 Å². The zero-order valence-corrected chi connectivity index (χ0v) is 12.8. The van der Waals surface area contributed by atoms with Crippen molar-refractivity contribution in [3.05, 3.63) is 46.4 Å². The summed E-state index contributed by atoms with van der Waals surface area (Å²) < 4.78 is 0. The second-order valence-electron chi connectivity index (χ2n) is 4.84. The van der Waals surface area contributed by atoms with E-state index in [0.717, 1.165) is 13.0 Å². The Morgan fingerprint density at radius 2 is 1.75 bits per heavy atom. The zero-order valence-electron chi connectivity index (χ0n) is 12.0. The van der Waals surface area contributed by atoms with E-state index in [4.69, 9.17) is 17.3 Å². The minimum atomic E-state index is 0.222. The molecule has 0 fully saturated rings. The van der Waals surface area contributed by atoms with Crippen LogP contribution in [0, 0.1) is 6.92 Å². The number of halogens is 1. The van der Waals surface area contributed by atoms with Gasteiger partial charge in [0.1, 0.15) is 0 Å².